The van der Waals surface area contributed by atoms with Crippen LogP contribution in [-0.2, 0) is 10.8 Å². The van der Waals surface area contributed by atoms with Gasteiger partial charge in [-0.05, 0) is 18.6 Å². The lowest BCUT2D eigenvalue weighted by molar-refractivity contribution is 0.471. The van der Waals surface area contributed by atoms with Crippen LogP contribution in [0.15, 0.2) is 23.4 Å². The van der Waals surface area contributed by atoms with Gasteiger partial charge < -0.3 is 5.11 Å². The molecule has 72 valence electrons. The molecule has 1 N–H and O–H groups in total. The predicted octanol–water partition coefficient (Wildman–Crippen LogP) is 1.69. The Balaban J connectivity index is 2.61. The van der Waals surface area contributed by atoms with Crippen molar-refractivity contribution in [2.45, 2.75) is 24.8 Å². The van der Waals surface area contributed by atoms with Crippen LogP contribution in [0, 0.1) is 0 Å². The van der Waals surface area contributed by atoms with E-state index in [1.807, 2.05) is 0 Å². The molecule has 4 heteroatoms. The van der Waals surface area contributed by atoms with E-state index in [-0.39, 0.29) is 5.75 Å². The number of nitrogens with zero attached hydrogens (tertiary/aromatic N) is 1. The van der Waals surface area contributed by atoms with Crippen LogP contribution in [0.5, 0.6) is 5.75 Å². The smallest absolute Gasteiger partial charge is 0.133 e. The highest BCUT2D eigenvalue weighted by molar-refractivity contribution is 7.84. The minimum atomic E-state index is -1.01. The van der Waals surface area contributed by atoms with Crippen molar-refractivity contribution in [2.75, 3.05) is 5.75 Å². The third kappa shape index (κ3) is 3.14. The molecule has 0 saturated heterocycles. The summed E-state index contributed by atoms with van der Waals surface area (Å²) in [6.07, 6.45) is 3.29. The topological polar surface area (TPSA) is 50.2 Å². The van der Waals surface area contributed by atoms with E-state index in [1.54, 1.807) is 6.07 Å². The Bertz CT molecular complexity index is 284. The monoisotopic (exact) mass is 199 g/mol. The first-order valence-corrected chi connectivity index (χ1v) is 5.59. The second kappa shape index (κ2) is 4.97. The normalized spacial score (nSPS) is 12.7. The molecule has 0 saturated carbocycles. The summed E-state index contributed by atoms with van der Waals surface area (Å²) >= 11 is 0. The summed E-state index contributed by atoms with van der Waals surface area (Å²) in [6, 6.07) is 3.10. The van der Waals surface area contributed by atoms with Crippen molar-refractivity contribution in [3.05, 3.63) is 18.3 Å². The van der Waals surface area contributed by atoms with Gasteiger partial charge in [-0.2, -0.15) is 0 Å². The number of aromatic hydroxyl groups is 1. The van der Waals surface area contributed by atoms with Crippen molar-refractivity contribution in [1.82, 2.24) is 4.98 Å². The highest BCUT2D eigenvalue weighted by Gasteiger charge is 2.03. The molecule has 0 unspecified atom stereocenters. The second-order valence-corrected chi connectivity index (χ2v) is 4.28. The molecule has 0 aliphatic heterocycles. The molecule has 1 atom stereocenters. The zero-order valence-corrected chi connectivity index (χ0v) is 8.38. The lowest BCUT2D eigenvalue weighted by Gasteiger charge is -1.99. The van der Waals surface area contributed by atoms with Crippen molar-refractivity contribution >= 4 is 10.8 Å². The van der Waals surface area contributed by atoms with Gasteiger partial charge in [-0.25, -0.2) is 4.98 Å². The van der Waals surface area contributed by atoms with Gasteiger partial charge in [-0.3, -0.25) is 4.21 Å². The maximum absolute atomic E-state index is 11.5. The third-order valence-corrected chi connectivity index (χ3v) is 3.00. The lowest BCUT2D eigenvalue weighted by Crippen LogP contribution is -1.99. The number of pyridine rings is 1. The van der Waals surface area contributed by atoms with Crippen LogP contribution < -0.4 is 0 Å². The molecule has 0 bridgehead atoms. The fourth-order valence-electron chi connectivity index (χ4n) is 0.887. The van der Waals surface area contributed by atoms with Gasteiger partial charge in [0.1, 0.15) is 10.8 Å². The van der Waals surface area contributed by atoms with Crippen molar-refractivity contribution in [3.63, 3.8) is 0 Å². The van der Waals surface area contributed by atoms with Crippen LogP contribution in [0.3, 0.4) is 0 Å². The zero-order valence-electron chi connectivity index (χ0n) is 7.56. The molecule has 0 aliphatic carbocycles. The Morgan fingerprint density at radius 2 is 2.31 bits per heavy atom. The highest BCUT2D eigenvalue weighted by atomic mass is 32.2. The fraction of sp³-hybridized carbons (Fsp3) is 0.444. The van der Waals surface area contributed by atoms with E-state index >= 15 is 0 Å². The highest BCUT2D eigenvalue weighted by Crippen LogP contribution is 2.10. The first kappa shape index (κ1) is 10.2. The molecule has 1 aromatic rings. The number of aromatic nitrogens is 1. The molecule has 1 rings (SSSR count). The minimum Gasteiger partial charge on any atom is -0.506 e. The second-order valence-electron chi connectivity index (χ2n) is 2.76. The van der Waals surface area contributed by atoms with Gasteiger partial charge in [0.05, 0.1) is 17.0 Å². The van der Waals surface area contributed by atoms with Crippen molar-refractivity contribution < 1.29 is 9.32 Å². The van der Waals surface area contributed by atoms with Crippen molar-refractivity contribution in [1.29, 1.82) is 0 Å². The Kier molecular flexibility index (Phi) is 3.89. The summed E-state index contributed by atoms with van der Waals surface area (Å²) in [7, 11) is -1.01. The molecule has 0 aliphatic rings. The van der Waals surface area contributed by atoms with E-state index in [4.69, 9.17) is 5.11 Å². The number of rotatable bonds is 4. The van der Waals surface area contributed by atoms with Gasteiger partial charge >= 0.3 is 0 Å². The molecule has 0 radical (unpaired) electrons. The predicted molar refractivity (Wildman–Crippen MR) is 52.1 cm³/mol. The molecule has 3 nitrogen and oxygen atoms in total. The Morgan fingerprint density at radius 1 is 1.54 bits per heavy atom. The maximum atomic E-state index is 11.5. The molecule has 13 heavy (non-hydrogen) atoms. The largest absolute Gasteiger partial charge is 0.506 e. The van der Waals surface area contributed by atoms with Gasteiger partial charge in [0, 0.05) is 5.75 Å². The van der Waals surface area contributed by atoms with Crippen molar-refractivity contribution in [3.8, 4) is 5.75 Å². The van der Waals surface area contributed by atoms with Gasteiger partial charge in [0.15, 0.2) is 0 Å². The SMILES string of the molecule is CCCC[S@](=O)c1ccc(O)cn1. The van der Waals surface area contributed by atoms with Crippen LogP contribution in [0.4, 0.5) is 0 Å². The van der Waals surface area contributed by atoms with Gasteiger partial charge in [0.2, 0.25) is 0 Å². The minimum absolute atomic E-state index is 0.108. The van der Waals surface area contributed by atoms with Crippen LogP contribution in [0.25, 0.3) is 0 Å². The average molecular weight is 199 g/mol. The molecule has 0 amide bonds. The fourth-order valence-corrected chi connectivity index (χ4v) is 2.04. The molecule has 0 spiro atoms. The van der Waals surface area contributed by atoms with E-state index in [9.17, 15) is 4.21 Å². The van der Waals surface area contributed by atoms with Crippen molar-refractivity contribution in [2.24, 2.45) is 0 Å². The third-order valence-electron chi connectivity index (χ3n) is 1.64. The summed E-state index contributed by atoms with van der Waals surface area (Å²) < 4.78 is 11.5. The van der Waals surface area contributed by atoms with E-state index in [2.05, 4.69) is 11.9 Å². The molecule has 0 aromatic carbocycles. The molecular weight excluding hydrogens is 186 g/mol. The van der Waals surface area contributed by atoms with Crippen LogP contribution in [0.1, 0.15) is 19.8 Å². The molecule has 1 heterocycles. The summed E-state index contributed by atoms with van der Waals surface area (Å²) in [4.78, 5) is 3.88. The summed E-state index contributed by atoms with van der Waals surface area (Å²) in [5.41, 5.74) is 0. The van der Waals surface area contributed by atoms with E-state index in [0.29, 0.717) is 10.8 Å². The van der Waals surface area contributed by atoms with Gasteiger partial charge in [0.25, 0.3) is 0 Å². The van der Waals surface area contributed by atoms with Gasteiger partial charge in [-0.1, -0.05) is 13.3 Å². The first-order chi connectivity index (χ1) is 6.24. The van der Waals surface area contributed by atoms with E-state index < -0.39 is 10.8 Å². The quantitative estimate of drug-likeness (QED) is 0.802. The number of unbranched alkanes of at least 4 members (excludes halogenated alkanes) is 1. The number of hydrogen-bond donors (Lipinski definition) is 1. The summed E-state index contributed by atoms with van der Waals surface area (Å²) in [6.45, 7) is 2.06. The average Bonchev–Trinajstić information content (AvgIpc) is 2.15. The Labute approximate surface area is 80.3 Å². The van der Waals surface area contributed by atoms with Crippen LogP contribution >= 0.6 is 0 Å². The maximum Gasteiger partial charge on any atom is 0.133 e. The molecular formula is C9H13NO2S. The van der Waals surface area contributed by atoms with Crippen LogP contribution in [0.2, 0.25) is 0 Å². The van der Waals surface area contributed by atoms with E-state index in [0.717, 1.165) is 12.8 Å². The van der Waals surface area contributed by atoms with Gasteiger partial charge in [-0.15, -0.1) is 0 Å². The first-order valence-electron chi connectivity index (χ1n) is 4.27. The molecule has 0 fully saturated rings. The summed E-state index contributed by atoms with van der Waals surface area (Å²) in [5, 5.41) is 9.50. The zero-order chi connectivity index (χ0) is 9.68. The summed E-state index contributed by atoms with van der Waals surface area (Å²) in [5.74, 6) is 0.755. The molecule has 1 aromatic heterocycles. The standard InChI is InChI=1S/C9H13NO2S/c1-2-3-6-13(12)9-5-4-8(11)7-10-9/h4-5,7,11H,2-3,6H2,1H3/t13-/m0/s1. The van der Waals surface area contributed by atoms with E-state index in [1.165, 1.54) is 12.3 Å². The number of hydrogen-bond acceptors (Lipinski definition) is 3. The lowest BCUT2D eigenvalue weighted by atomic mass is 10.4. The Morgan fingerprint density at radius 3 is 2.85 bits per heavy atom. The van der Waals surface area contributed by atoms with Crippen LogP contribution in [-0.4, -0.2) is 20.1 Å². The Hall–Kier alpha value is -0.900.